The molecule has 3 fully saturated rings. The molecule has 8 unspecified atom stereocenters. The third-order valence-electron chi connectivity index (χ3n) is 12.0. The van der Waals surface area contributed by atoms with Crippen molar-refractivity contribution in [3.63, 3.8) is 0 Å². The fourth-order valence-corrected chi connectivity index (χ4v) is 8.66. The van der Waals surface area contributed by atoms with Crippen LogP contribution in [0.4, 0.5) is 0 Å². The van der Waals surface area contributed by atoms with E-state index in [1.807, 2.05) is 88.2 Å². The summed E-state index contributed by atoms with van der Waals surface area (Å²) in [7, 11) is 3.84. The Morgan fingerprint density at radius 2 is 1.45 bits per heavy atom. The fourth-order valence-electron chi connectivity index (χ4n) is 8.66. The van der Waals surface area contributed by atoms with Crippen LogP contribution in [0.15, 0.2) is 0 Å². The number of hydrogen-bond donors (Lipinski definition) is 3. The highest BCUT2D eigenvalue weighted by atomic mass is 16.7. The summed E-state index contributed by atoms with van der Waals surface area (Å²) < 4.78 is 32.2. The van der Waals surface area contributed by atoms with Gasteiger partial charge in [0.15, 0.2) is 12.6 Å². The SMILES string of the molecule is CC[C@H]1OC(=O)[C@H](C)[C@@H](OC2CC(C)(C)C(O)C(C)O2)[C@H](C)[C@@H](OC2OC(C)CC(N(C)C)C2O)C(C)C[C@@H](C)C(=O)[C@H](C)[C@@H](O)C1(C)C. The van der Waals surface area contributed by atoms with Gasteiger partial charge >= 0.3 is 5.97 Å². The molecule has 49 heavy (non-hydrogen) atoms. The lowest BCUT2D eigenvalue weighted by Crippen LogP contribution is -2.57. The number of Topliss-reactive ketones (excluding diaryl/α,β-unsaturated/α-hetero) is 1. The van der Waals surface area contributed by atoms with Gasteiger partial charge in [0, 0.05) is 35.6 Å². The summed E-state index contributed by atoms with van der Waals surface area (Å²) in [6, 6.07) is -0.193. The van der Waals surface area contributed by atoms with Crippen LogP contribution in [-0.4, -0.2) is 114 Å². The Morgan fingerprint density at radius 1 is 0.837 bits per heavy atom. The van der Waals surface area contributed by atoms with Crippen LogP contribution in [0.2, 0.25) is 0 Å². The number of likely N-dealkylation sites (N-methyl/N-ethyl adjacent to an activating group) is 1. The van der Waals surface area contributed by atoms with Crippen molar-refractivity contribution in [1.29, 1.82) is 0 Å². The zero-order valence-corrected chi connectivity index (χ0v) is 32.7. The number of ketones is 1. The quantitative estimate of drug-likeness (QED) is 0.336. The molecular formula is C38H69NO10. The number of esters is 1. The van der Waals surface area contributed by atoms with Crippen molar-refractivity contribution in [3.8, 4) is 0 Å². The van der Waals surface area contributed by atoms with Gasteiger partial charge in [0.1, 0.15) is 18.0 Å². The minimum Gasteiger partial charge on any atom is -0.461 e. The standard InChI is InChI=1S/C38H69NO10/c1-15-27-38(11,12)33(42)22(5)29(40)19(2)16-20(3)31(49-36-30(41)26(39(13)14)17-21(4)45-36)23(6)32(24(7)35(44)47-27)48-28-18-37(9,10)34(43)25(8)46-28/h19-28,30-34,36,41-43H,15-18H2,1-14H3/t19-,20?,21?,22+,23-,24-,25?,26?,27-,28?,30?,31+,32+,33-,34?,36?/m1/s1. The third kappa shape index (κ3) is 9.44. The maximum atomic E-state index is 14.1. The minimum atomic E-state index is -1.05. The molecule has 3 aliphatic heterocycles. The number of rotatable bonds is 6. The summed E-state index contributed by atoms with van der Waals surface area (Å²) in [4.78, 5) is 30.0. The topological polar surface area (TPSA) is 144 Å². The van der Waals surface area contributed by atoms with Gasteiger partial charge in [-0.15, -0.1) is 0 Å². The van der Waals surface area contributed by atoms with Gasteiger partial charge < -0.3 is 43.9 Å². The first-order valence-electron chi connectivity index (χ1n) is 18.6. The first kappa shape index (κ1) is 42.2. The molecule has 3 saturated heterocycles. The smallest absolute Gasteiger partial charge is 0.311 e. The molecule has 0 aromatic heterocycles. The molecule has 3 N–H and O–H groups in total. The predicted octanol–water partition coefficient (Wildman–Crippen LogP) is 4.57. The van der Waals surface area contributed by atoms with Crippen LogP contribution >= 0.6 is 0 Å². The lowest BCUT2D eigenvalue weighted by molar-refractivity contribution is -0.300. The number of carbonyl (C=O) groups excluding carboxylic acids is 2. The van der Waals surface area contributed by atoms with Gasteiger partial charge in [0.05, 0.1) is 42.5 Å². The summed E-state index contributed by atoms with van der Waals surface area (Å²) in [6.45, 7) is 22.7. The summed E-state index contributed by atoms with van der Waals surface area (Å²) in [6.07, 6.45) is -5.15. The third-order valence-corrected chi connectivity index (χ3v) is 12.0. The van der Waals surface area contributed by atoms with Crippen LogP contribution in [0.5, 0.6) is 0 Å². The molecular weight excluding hydrogens is 630 g/mol. The molecule has 0 aromatic carbocycles. The van der Waals surface area contributed by atoms with E-state index in [1.54, 1.807) is 13.8 Å². The number of cyclic esters (lactones) is 1. The van der Waals surface area contributed by atoms with Gasteiger partial charge in [-0.2, -0.15) is 0 Å². The second-order valence-corrected chi connectivity index (χ2v) is 17.2. The minimum absolute atomic E-state index is 0.0705. The van der Waals surface area contributed by atoms with E-state index >= 15 is 0 Å². The number of hydrogen-bond acceptors (Lipinski definition) is 11. The number of carbonyl (C=O) groups is 2. The molecule has 0 amide bonds. The lowest BCUT2D eigenvalue weighted by atomic mass is 9.71. The molecule has 0 bridgehead atoms. The van der Waals surface area contributed by atoms with E-state index in [9.17, 15) is 24.9 Å². The molecule has 3 heterocycles. The highest BCUT2D eigenvalue weighted by Crippen LogP contribution is 2.42. The Morgan fingerprint density at radius 3 is 2.00 bits per heavy atom. The second-order valence-electron chi connectivity index (χ2n) is 17.2. The largest absolute Gasteiger partial charge is 0.461 e. The van der Waals surface area contributed by atoms with Crippen molar-refractivity contribution in [2.75, 3.05) is 14.1 Å². The normalized spacial score (nSPS) is 45.8. The molecule has 0 radical (unpaired) electrons. The van der Waals surface area contributed by atoms with Gasteiger partial charge in [-0.05, 0) is 65.5 Å². The van der Waals surface area contributed by atoms with E-state index in [2.05, 4.69) is 0 Å². The van der Waals surface area contributed by atoms with Gasteiger partial charge in [-0.1, -0.05) is 62.3 Å². The van der Waals surface area contributed by atoms with E-state index in [1.165, 1.54) is 0 Å². The molecule has 11 nitrogen and oxygen atoms in total. The molecule has 3 aliphatic rings. The van der Waals surface area contributed by atoms with Gasteiger partial charge in [0.25, 0.3) is 0 Å². The van der Waals surface area contributed by atoms with Crippen LogP contribution in [0.1, 0.15) is 109 Å². The van der Waals surface area contributed by atoms with Crippen LogP contribution < -0.4 is 0 Å². The Balaban J connectivity index is 2.12. The zero-order valence-electron chi connectivity index (χ0n) is 32.7. The summed E-state index contributed by atoms with van der Waals surface area (Å²) in [5.41, 5.74) is -1.41. The van der Waals surface area contributed by atoms with Crippen LogP contribution in [-0.2, 0) is 33.3 Å². The van der Waals surface area contributed by atoms with Gasteiger partial charge in [0.2, 0.25) is 0 Å². The second kappa shape index (κ2) is 16.7. The van der Waals surface area contributed by atoms with Gasteiger partial charge in [-0.3, -0.25) is 9.59 Å². The molecule has 0 saturated carbocycles. The number of ether oxygens (including phenoxy) is 5. The van der Waals surface area contributed by atoms with Crippen LogP contribution in [0.3, 0.4) is 0 Å². The maximum absolute atomic E-state index is 14.1. The van der Waals surface area contributed by atoms with Crippen LogP contribution in [0.25, 0.3) is 0 Å². The summed E-state index contributed by atoms with van der Waals surface area (Å²) in [5.74, 6) is -3.15. The van der Waals surface area contributed by atoms with E-state index in [0.29, 0.717) is 25.7 Å². The highest BCUT2D eigenvalue weighted by molar-refractivity contribution is 5.83. The van der Waals surface area contributed by atoms with E-state index in [4.69, 9.17) is 23.7 Å². The van der Waals surface area contributed by atoms with Gasteiger partial charge in [-0.25, -0.2) is 0 Å². The van der Waals surface area contributed by atoms with Crippen molar-refractivity contribution in [2.24, 2.45) is 40.4 Å². The molecule has 3 rings (SSSR count). The van der Waals surface area contributed by atoms with Crippen molar-refractivity contribution < 1.29 is 48.6 Å². The first-order valence-corrected chi connectivity index (χ1v) is 18.6. The Bertz CT molecular complexity index is 1100. The Labute approximate surface area is 295 Å². The predicted molar refractivity (Wildman–Crippen MR) is 186 cm³/mol. The fraction of sp³-hybridized carbons (Fsp3) is 0.947. The number of aliphatic hydroxyl groups excluding tert-OH is 3. The molecule has 0 spiro atoms. The van der Waals surface area contributed by atoms with Crippen LogP contribution in [0, 0.1) is 40.4 Å². The first-order chi connectivity index (χ1) is 22.5. The molecule has 0 aromatic rings. The maximum Gasteiger partial charge on any atom is 0.311 e. The van der Waals surface area contributed by atoms with E-state index in [-0.39, 0.29) is 23.8 Å². The lowest BCUT2D eigenvalue weighted by Gasteiger charge is -2.47. The van der Waals surface area contributed by atoms with Crippen molar-refractivity contribution in [3.05, 3.63) is 0 Å². The number of aliphatic hydroxyl groups is 3. The average Bonchev–Trinajstić information content (AvgIpc) is 3.02. The van der Waals surface area contributed by atoms with Crippen molar-refractivity contribution >= 4 is 11.8 Å². The zero-order chi connectivity index (χ0) is 37.3. The molecule has 16 atom stereocenters. The molecule has 286 valence electrons. The Kier molecular flexibility index (Phi) is 14.4. The summed E-state index contributed by atoms with van der Waals surface area (Å²) >= 11 is 0. The monoisotopic (exact) mass is 699 g/mol. The van der Waals surface area contributed by atoms with E-state index in [0.717, 1.165) is 0 Å². The molecule has 0 aliphatic carbocycles. The van der Waals surface area contributed by atoms with Crippen molar-refractivity contribution in [1.82, 2.24) is 4.90 Å². The average molecular weight is 700 g/mol. The highest BCUT2D eigenvalue weighted by Gasteiger charge is 2.49. The molecule has 11 heteroatoms. The van der Waals surface area contributed by atoms with E-state index < -0.39 is 95.8 Å². The Hall–Kier alpha value is -1.18. The van der Waals surface area contributed by atoms with Crippen molar-refractivity contribution in [2.45, 2.75) is 176 Å². The number of nitrogens with zero attached hydrogens (tertiary/aromatic N) is 1. The summed E-state index contributed by atoms with van der Waals surface area (Å²) in [5, 5.41) is 33.9.